The van der Waals surface area contributed by atoms with E-state index in [1.165, 1.54) is 0 Å². The van der Waals surface area contributed by atoms with Crippen LogP contribution < -0.4 is 9.64 Å². The number of aromatic nitrogens is 3. The topological polar surface area (TPSA) is 63.5 Å². The molecule has 1 fully saturated rings. The lowest BCUT2D eigenvalue weighted by Crippen LogP contribution is -2.49. The predicted octanol–water partition coefficient (Wildman–Crippen LogP) is 3.75. The van der Waals surface area contributed by atoms with E-state index in [9.17, 15) is 4.79 Å². The van der Waals surface area contributed by atoms with Gasteiger partial charge in [-0.2, -0.15) is 5.10 Å². The van der Waals surface area contributed by atoms with Gasteiger partial charge in [0, 0.05) is 32.4 Å². The number of hydrogen-bond acceptors (Lipinski definition) is 5. The fourth-order valence-electron chi connectivity index (χ4n) is 4.06. The van der Waals surface area contributed by atoms with Gasteiger partial charge in [0.05, 0.1) is 29.7 Å². The third-order valence-electron chi connectivity index (χ3n) is 5.52. The molecule has 7 nitrogen and oxygen atoms in total. The zero-order valence-electron chi connectivity index (χ0n) is 18.4. The van der Waals surface area contributed by atoms with Crippen LogP contribution in [0.3, 0.4) is 0 Å². The molecule has 162 valence electrons. The summed E-state index contributed by atoms with van der Waals surface area (Å²) in [6, 6.07) is 13.8. The summed E-state index contributed by atoms with van der Waals surface area (Å²) in [6.07, 6.45) is 3.42. The summed E-state index contributed by atoms with van der Waals surface area (Å²) in [5.41, 5.74) is 2.64. The van der Waals surface area contributed by atoms with Gasteiger partial charge in [-0.1, -0.05) is 32.0 Å². The van der Waals surface area contributed by atoms with E-state index in [0.29, 0.717) is 25.3 Å². The van der Waals surface area contributed by atoms with Crippen molar-refractivity contribution >= 4 is 11.6 Å². The van der Waals surface area contributed by atoms with Crippen LogP contribution >= 0.6 is 0 Å². The molecule has 4 rings (SSSR count). The molecule has 31 heavy (non-hydrogen) atoms. The van der Waals surface area contributed by atoms with E-state index < -0.39 is 0 Å². The van der Waals surface area contributed by atoms with E-state index in [1.807, 2.05) is 48.2 Å². The number of anilines is 1. The van der Waals surface area contributed by atoms with Crippen molar-refractivity contribution in [3.63, 3.8) is 0 Å². The van der Waals surface area contributed by atoms with Crippen molar-refractivity contribution in [1.29, 1.82) is 0 Å². The highest BCUT2D eigenvalue weighted by atomic mass is 16.5. The van der Waals surface area contributed by atoms with Gasteiger partial charge in [0.1, 0.15) is 5.75 Å². The van der Waals surface area contributed by atoms with Crippen molar-refractivity contribution in [3.05, 3.63) is 66.1 Å². The van der Waals surface area contributed by atoms with E-state index in [-0.39, 0.29) is 11.8 Å². The summed E-state index contributed by atoms with van der Waals surface area (Å²) in [6.45, 7) is 9.63. The molecule has 1 saturated heterocycles. The van der Waals surface area contributed by atoms with Crippen LogP contribution in [0.4, 0.5) is 5.69 Å². The molecule has 3 aromatic rings. The minimum Gasteiger partial charge on any atom is -0.492 e. The summed E-state index contributed by atoms with van der Waals surface area (Å²) < 4.78 is 7.57. The van der Waals surface area contributed by atoms with Gasteiger partial charge in [-0.3, -0.25) is 4.79 Å². The molecule has 0 unspecified atom stereocenters. The first-order chi connectivity index (χ1) is 15.1. The van der Waals surface area contributed by atoms with Gasteiger partial charge in [-0.15, -0.1) is 0 Å². The SMILES string of the molecule is CCOc1ccccc1N1CCN(C(=O)c2cnn(-c3ccccn3)c2C(C)C)CC1. The molecule has 0 bridgehead atoms. The molecular weight excluding hydrogens is 390 g/mol. The number of rotatable bonds is 6. The molecule has 0 saturated carbocycles. The maximum absolute atomic E-state index is 13.4. The smallest absolute Gasteiger partial charge is 0.257 e. The highest BCUT2D eigenvalue weighted by Crippen LogP contribution is 2.29. The van der Waals surface area contributed by atoms with Crippen LogP contribution in [0.25, 0.3) is 5.82 Å². The molecule has 7 heteroatoms. The first-order valence-corrected chi connectivity index (χ1v) is 10.9. The van der Waals surface area contributed by atoms with Crippen molar-refractivity contribution < 1.29 is 9.53 Å². The quantitative estimate of drug-likeness (QED) is 0.609. The summed E-state index contributed by atoms with van der Waals surface area (Å²) in [5.74, 6) is 1.79. The van der Waals surface area contributed by atoms with Crippen molar-refractivity contribution in [2.45, 2.75) is 26.7 Å². The summed E-state index contributed by atoms with van der Waals surface area (Å²) in [7, 11) is 0. The predicted molar refractivity (Wildman–Crippen MR) is 121 cm³/mol. The number of carbonyl (C=O) groups is 1. The van der Waals surface area contributed by atoms with Gasteiger partial charge in [0.25, 0.3) is 5.91 Å². The lowest BCUT2D eigenvalue weighted by atomic mass is 10.0. The molecule has 0 N–H and O–H groups in total. The number of hydrogen-bond donors (Lipinski definition) is 0. The Morgan fingerprint density at radius 1 is 1.06 bits per heavy atom. The van der Waals surface area contributed by atoms with Crippen LogP contribution in [0.5, 0.6) is 5.75 Å². The third kappa shape index (κ3) is 4.26. The fourth-order valence-corrected chi connectivity index (χ4v) is 4.06. The van der Waals surface area contributed by atoms with Gasteiger partial charge >= 0.3 is 0 Å². The molecule has 1 aliphatic heterocycles. The molecule has 1 aliphatic rings. The molecule has 2 aromatic heterocycles. The zero-order valence-corrected chi connectivity index (χ0v) is 18.4. The van der Waals surface area contributed by atoms with Crippen LogP contribution in [-0.4, -0.2) is 58.4 Å². The Hall–Kier alpha value is -3.35. The minimum atomic E-state index is 0.0311. The van der Waals surface area contributed by atoms with Gasteiger partial charge in [-0.25, -0.2) is 9.67 Å². The fraction of sp³-hybridized carbons (Fsp3) is 0.375. The Morgan fingerprint density at radius 3 is 2.48 bits per heavy atom. The number of carbonyl (C=O) groups excluding carboxylic acids is 1. The molecule has 0 spiro atoms. The standard InChI is InChI=1S/C24H29N5O2/c1-4-31-21-10-6-5-9-20(21)27-13-15-28(16-14-27)24(30)19-17-26-29(23(19)18(2)3)22-11-7-8-12-25-22/h5-12,17-18H,4,13-16H2,1-3H3. The number of para-hydroxylation sites is 2. The second-order valence-electron chi connectivity index (χ2n) is 7.88. The van der Waals surface area contributed by atoms with Gasteiger partial charge in [0.2, 0.25) is 0 Å². The molecule has 0 atom stereocenters. The lowest BCUT2D eigenvalue weighted by Gasteiger charge is -2.36. The first-order valence-electron chi connectivity index (χ1n) is 10.9. The van der Waals surface area contributed by atoms with Crippen molar-refractivity contribution in [1.82, 2.24) is 19.7 Å². The van der Waals surface area contributed by atoms with Crippen LogP contribution in [0.2, 0.25) is 0 Å². The Kier molecular flexibility index (Phi) is 6.21. The molecule has 0 aliphatic carbocycles. The zero-order chi connectivity index (χ0) is 21.8. The Morgan fingerprint density at radius 2 is 1.81 bits per heavy atom. The Bertz CT molecular complexity index is 1020. The molecule has 1 aromatic carbocycles. The highest BCUT2D eigenvalue weighted by molar-refractivity contribution is 5.95. The second-order valence-corrected chi connectivity index (χ2v) is 7.88. The van der Waals surface area contributed by atoms with Gasteiger partial charge in [0.15, 0.2) is 5.82 Å². The largest absolute Gasteiger partial charge is 0.492 e. The first kappa shape index (κ1) is 20.9. The van der Waals surface area contributed by atoms with E-state index >= 15 is 0 Å². The average molecular weight is 420 g/mol. The number of piperazine rings is 1. The number of nitrogens with zero attached hydrogens (tertiary/aromatic N) is 5. The van der Waals surface area contributed by atoms with Crippen molar-refractivity contribution in [2.75, 3.05) is 37.7 Å². The van der Waals surface area contributed by atoms with E-state index in [1.54, 1.807) is 17.1 Å². The lowest BCUT2D eigenvalue weighted by molar-refractivity contribution is 0.0745. The number of pyridine rings is 1. The number of benzene rings is 1. The maximum Gasteiger partial charge on any atom is 0.257 e. The molecule has 1 amide bonds. The Labute approximate surface area is 183 Å². The average Bonchev–Trinajstić information content (AvgIpc) is 3.26. The highest BCUT2D eigenvalue weighted by Gasteiger charge is 2.28. The van der Waals surface area contributed by atoms with E-state index in [4.69, 9.17) is 4.74 Å². The van der Waals surface area contributed by atoms with Crippen LogP contribution in [0, 0.1) is 0 Å². The molecule has 0 radical (unpaired) electrons. The van der Waals surface area contributed by atoms with Gasteiger partial charge < -0.3 is 14.5 Å². The van der Waals surface area contributed by atoms with Gasteiger partial charge in [-0.05, 0) is 37.1 Å². The Balaban J connectivity index is 1.52. The summed E-state index contributed by atoms with van der Waals surface area (Å²) in [5, 5.41) is 4.50. The molecular formula is C24H29N5O2. The van der Waals surface area contributed by atoms with E-state index in [0.717, 1.165) is 36.0 Å². The monoisotopic (exact) mass is 419 g/mol. The van der Waals surface area contributed by atoms with E-state index in [2.05, 4.69) is 34.9 Å². The van der Waals surface area contributed by atoms with Crippen LogP contribution in [0.1, 0.15) is 42.7 Å². The summed E-state index contributed by atoms with van der Waals surface area (Å²) in [4.78, 5) is 22.0. The number of ether oxygens (including phenoxy) is 1. The minimum absolute atomic E-state index is 0.0311. The summed E-state index contributed by atoms with van der Waals surface area (Å²) >= 11 is 0. The maximum atomic E-state index is 13.4. The van der Waals surface area contributed by atoms with Crippen molar-refractivity contribution in [2.24, 2.45) is 0 Å². The molecule has 3 heterocycles. The third-order valence-corrected chi connectivity index (χ3v) is 5.52. The second kappa shape index (κ2) is 9.20. The van der Waals surface area contributed by atoms with Crippen LogP contribution in [0.15, 0.2) is 54.9 Å². The normalized spacial score (nSPS) is 14.2. The van der Waals surface area contributed by atoms with Crippen LogP contribution in [-0.2, 0) is 0 Å². The van der Waals surface area contributed by atoms with Crippen molar-refractivity contribution in [3.8, 4) is 11.6 Å². The number of amides is 1.